The predicted molar refractivity (Wildman–Crippen MR) is 109 cm³/mol. The number of amides is 1. The molecular formula is C22H22N4O2. The highest BCUT2D eigenvalue weighted by atomic mass is 16.5. The van der Waals surface area contributed by atoms with Gasteiger partial charge in [-0.15, -0.1) is 0 Å². The van der Waals surface area contributed by atoms with E-state index in [2.05, 4.69) is 10.6 Å². The lowest BCUT2D eigenvalue weighted by atomic mass is 10.0. The van der Waals surface area contributed by atoms with E-state index in [4.69, 9.17) is 10.5 Å². The summed E-state index contributed by atoms with van der Waals surface area (Å²) in [5, 5.41) is 10.7. The molecule has 2 N–H and O–H groups in total. The average molecular weight is 374 g/mol. The third kappa shape index (κ3) is 3.00. The molecule has 2 heterocycles. The zero-order chi connectivity index (χ0) is 19.7. The fourth-order valence-electron chi connectivity index (χ4n) is 3.81. The Morgan fingerprint density at radius 1 is 1.18 bits per heavy atom. The van der Waals surface area contributed by atoms with Gasteiger partial charge in [0.15, 0.2) is 0 Å². The van der Waals surface area contributed by atoms with Crippen LogP contribution in [0.4, 0.5) is 5.69 Å². The molecule has 1 aromatic heterocycles. The number of carbonyl (C=O) groups excluding carboxylic acids is 1. The van der Waals surface area contributed by atoms with Crippen molar-refractivity contribution in [2.24, 2.45) is 0 Å². The first-order chi connectivity index (χ1) is 13.6. The highest BCUT2D eigenvalue weighted by Gasteiger charge is 2.22. The molecular weight excluding hydrogens is 352 g/mol. The van der Waals surface area contributed by atoms with Gasteiger partial charge in [-0.05, 0) is 36.8 Å². The number of morpholine rings is 1. The number of hydrogen-bond acceptors (Lipinski definition) is 4. The van der Waals surface area contributed by atoms with Crippen LogP contribution in [0.25, 0.3) is 22.2 Å². The minimum absolute atomic E-state index is 0.00148. The second-order valence-electron chi connectivity index (χ2n) is 6.84. The Kier molecular flexibility index (Phi) is 4.76. The van der Waals surface area contributed by atoms with E-state index in [1.165, 1.54) is 0 Å². The van der Waals surface area contributed by atoms with Crippen LogP contribution in [0.2, 0.25) is 0 Å². The lowest BCUT2D eigenvalue weighted by molar-refractivity contribution is 0.0303. The van der Waals surface area contributed by atoms with E-state index in [1.807, 2.05) is 54.3 Å². The van der Waals surface area contributed by atoms with Crippen LogP contribution >= 0.6 is 0 Å². The molecule has 0 atom stereocenters. The van der Waals surface area contributed by atoms with Crippen molar-refractivity contribution in [1.29, 1.82) is 5.26 Å². The molecule has 3 aromatic rings. The molecule has 6 nitrogen and oxygen atoms in total. The summed E-state index contributed by atoms with van der Waals surface area (Å²) >= 11 is 0. The third-order valence-corrected chi connectivity index (χ3v) is 5.22. The number of rotatable bonds is 3. The standard InChI is InChI=1S/C22H22N4O2/c1-2-26-20-13-16(22(27)25-9-11-28-12-10-25)5-8-18(20)19(14-23)21(26)15-3-6-17(24)7-4-15/h3-8,13H,2,9-12,24H2,1H3. The van der Waals surface area contributed by atoms with Crippen LogP contribution in [0.15, 0.2) is 42.5 Å². The molecule has 6 heteroatoms. The smallest absolute Gasteiger partial charge is 0.254 e. The molecule has 1 saturated heterocycles. The number of nitrogens with zero attached hydrogens (tertiary/aromatic N) is 3. The maximum Gasteiger partial charge on any atom is 0.254 e. The molecule has 28 heavy (non-hydrogen) atoms. The quantitative estimate of drug-likeness (QED) is 0.713. The number of ether oxygens (including phenoxy) is 1. The van der Waals surface area contributed by atoms with E-state index in [1.54, 1.807) is 0 Å². The van der Waals surface area contributed by atoms with E-state index < -0.39 is 0 Å². The molecule has 1 amide bonds. The first-order valence-corrected chi connectivity index (χ1v) is 9.43. The first-order valence-electron chi connectivity index (χ1n) is 9.43. The Labute approximate surface area is 163 Å². The summed E-state index contributed by atoms with van der Waals surface area (Å²) in [4.78, 5) is 14.7. The zero-order valence-electron chi connectivity index (χ0n) is 15.8. The van der Waals surface area contributed by atoms with E-state index in [9.17, 15) is 10.1 Å². The summed E-state index contributed by atoms with van der Waals surface area (Å²) in [6, 6.07) is 15.5. The fourth-order valence-corrected chi connectivity index (χ4v) is 3.81. The van der Waals surface area contributed by atoms with Crippen LogP contribution in [0.3, 0.4) is 0 Å². The number of nitrogen functional groups attached to an aromatic ring is 1. The molecule has 1 aliphatic heterocycles. The Bertz CT molecular complexity index is 1070. The molecule has 0 bridgehead atoms. The van der Waals surface area contributed by atoms with Gasteiger partial charge in [-0.1, -0.05) is 18.2 Å². The molecule has 0 spiro atoms. The van der Waals surface area contributed by atoms with Crippen molar-refractivity contribution in [3.8, 4) is 17.3 Å². The van der Waals surface area contributed by atoms with Crippen LogP contribution in [-0.2, 0) is 11.3 Å². The monoisotopic (exact) mass is 374 g/mol. The predicted octanol–water partition coefficient (Wildman–Crippen LogP) is 3.25. The molecule has 0 aliphatic carbocycles. The molecule has 142 valence electrons. The van der Waals surface area contributed by atoms with Gasteiger partial charge in [0, 0.05) is 36.3 Å². The Morgan fingerprint density at radius 2 is 1.89 bits per heavy atom. The van der Waals surface area contributed by atoms with Crippen LogP contribution in [-0.4, -0.2) is 41.7 Å². The summed E-state index contributed by atoms with van der Waals surface area (Å²) in [6.45, 7) is 5.07. The van der Waals surface area contributed by atoms with E-state index >= 15 is 0 Å². The number of anilines is 1. The minimum atomic E-state index is 0.00148. The first kappa shape index (κ1) is 18.1. The second-order valence-corrected chi connectivity index (χ2v) is 6.84. The van der Waals surface area contributed by atoms with E-state index in [0.29, 0.717) is 49.7 Å². The van der Waals surface area contributed by atoms with Crippen LogP contribution in [0.1, 0.15) is 22.8 Å². The van der Waals surface area contributed by atoms with Crippen molar-refractivity contribution in [2.75, 3.05) is 32.0 Å². The van der Waals surface area contributed by atoms with Crippen molar-refractivity contribution < 1.29 is 9.53 Å². The average Bonchev–Trinajstić information content (AvgIpc) is 3.07. The Balaban J connectivity index is 1.86. The molecule has 0 unspecified atom stereocenters. The summed E-state index contributed by atoms with van der Waals surface area (Å²) in [5.74, 6) is 0.00148. The SMILES string of the molecule is CCn1c(-c2ccc(N)cc2)c(C#N)c2ccc(C(=O)N3CCOCC3)cc21. The topological polar surface area (TPSA) is 84.3 Å². The van der Waals surface area contributed by atoms with Crippen molar-refractivity contribution in [2.45, 2.75) is 13.5 Å². The lowest BCUT2D eigenvalue weighted by Gasteiger charge is -2.26. The van der Waals surface area contributed by atoms with Gasteiger partial charge < -0.3 is 19.9 Å². The maximum absolute atomic E-state index is 12.9. The van der Waals surface area contributed by atoms with Gasteiger partial charge in [-0.25, -0.2) is 0 Å². The number of carbonyl (C=O) groups is 1. The fraction of sp³-hybridized carbons (Fsp3) is 0.273. The molecule has 2 aromatic carbocycles. The molecule has 4 rings (SSSR count). The van der Waals surface area contributed by atoms with Crippen LogP contribution in [0.5, 0.6) is 0 Å². The molecule has 0 saturated carbocycles. The molecule has 1 aliphatic rings. The van der Waals surface area contributed by atoms with Crippen LogP contribution in [0, 0.1) is 11.3 Å². The van der Waals surface area contributed by atoms with Crippen molar-refractivity contribution in [3.05, 3.63) is 53.6 Å². The number of benzene rings is 2. The number of nitriles is 1. The third-order valence-electron chi connectivity index (χ3n) is 5.22. The summed E-state index contributed by atoms with van der Waals surface area (Å²) in [5.41, 5.74) is 10.4. The highest BCUT2D eigenvalue weighted by molar-refractivity contribution is 6.01. The number of aromatic nitrogens is 1. The van der Waals surface area contributed by atoms with Gasteiger partial charge in [0.1, 0.15) is 6.07 Å². The lowest BCUT2D eigenvalue weighted by Crippen LogP contribution is -2.40. The summed E-state index contributed by atoms with van der Waals surface area (Å²) < 4.78 is 7.43. The van der Waals surface area contributed by atoms with Gasteiger partial charge >= 0.3 is 0 Å². The summed E-state index contributed by atoms with van der Waals surface area (Å²) in [7, 11) is 0. The van der Waals surface area contributed by atoms with Gasteiger partial charge in [-0.2, -0.15) is 5.26 Å². The largest absolute Gasteiger partial charge is 0.399 e. The number of aryl methyl sites for hydroxylation is 1. The number of hydrogen-bond donors (Lipinski definition) is 1. The van der Waals surface area contributed by atoms with Crippen molar-refractivity contribution >= 4 is 22.5 Å². The van der Waals surface area contributed by atoms with Gasteiger partial charge in [-0.3, -0.25) is 4.79 Å². The van der Waals surface area contributed by atoms with Gasteiger partial charge in [0.2, 0.25) is 0 Å². The number of fused-ring (bicyclic) bond motifs is 1. The minimum Gasteiger partial charge on any atom is -0.399 e. The van der Waals surface area contributed by atoms with Crippen LogP contribution < -0.4 is 5.73 Å². The summed E-state index contributed by atoms with van der Waals surface area (Å²) in [6.07, 6.45) is 0. The van der Waals surface area contributed by atoms with Gasteiger partial charge in [0.25, 0.3) is 5.91 Å². The van der Waals surface area contributed by atoms with Gasteiger partial charge in [0.05, 0.1) is 30.0 Å². The zero-order valence-corrected chi connectivity index (χ0v) is 15.8. The number of nitrogens with two attached hydrogens (primary N) is 1. The van der Waals surface area contributed by atoms with E-state index in [-0.39, 0.29) is 5.91 Å². The van der Waals surface area contributed by atoms with Crippen molar-refractivity contribution in [1.82, 2.24) is 9.47 Å². The molecule has 0 radical (unpaired) electrons. The van der Waals surface area contributed by atoms with E-state index in [0.717, 1.165) is 22.2 Å². The highest BCUT2D eigenvalue weighted by Crippen LogP contribution is 2.34. The maximum atomic E-state index is 12.9. The Morgan fingerprint density at radius 3 is 2.54 bits per heavy atom. The normalized spacial score (nSPS) is 14.2. The Hall–Kier alpha value is -3.30. The second kappa shape index (κ2) is 7.37. The molecule has 1 fully saturated rings. The van der Waals surface area contributed by atoms with Crippen molar-refractivity contribution in [3.63, 3.8) is 0 Å².